The highest BCUT2D eigenvalue weighted by molar-refractivity contribution is 7.16. The van der Waals surface area contributed by atoms with E-state index in [1.54, 1.807) is 17.5 Å². The van der Waals surface area contributed by atoms with Gasteiger partial charge in [0.2, 0.25) is 0 Å². The van der Waals surface area contributed by atoms with E-state index in [1.165, 1.54) is 4.88 Å². The van der Waals surface area contributed by atoms with Crippen LogP contribution < -0.4 is 11.1 Å². The van der Waals surface area contributed by atoms with Gasteiger partial charge >= 0.3 is 0 Å². The Hall–Kier alpha value is -1.26. The molecule has 0 aliphatic heterocycles. The first kappa shape index (κ1) is 12.2. The van der Waals surface area contributed by atoms with E-state index in [2.05, 4.69) is 17.2 Å². The molecule has 0 bridgehead atoms. The van der Waals surface area contributed by atoms with E-state index in [1.807, 2.05) is 25.1 Å². The number of aryl methyl sites for hydroxylation is 1. The molecule has 2 aromatic heterocycles. The molecule has 2 rings (SSSR count). The van der Waals surface area contributed by atoms with Crippen molar-refractivity contribution >= 4 is 34.4 Å². The molecule has 5 heteroatoms. The summed E-state index contributed by atoms with van der Waals surface area (Å²) in [7, 11) is 0. The van der Waals surface area contributed by atoms with E-state index < -0.39 is 0 Å². The number of nitrogens with two attached hydrogens (primary N) is 1. The number of anilines is 2. The molecule has 0 aromatic carbocycles. The Labute approximate surface area is 110 Å². The Morgan fingerprint density at radius 3 is 2.82 bits per heavy atom. The number of rotatable bonds is 3. The van der Waals surface area contributed by atoms with Gasteiger partial charge in [-0.25, -0.2) is 4.98 Å². The molecule has 2 heterocycles. The first-order valence-corrected chi connectivity index (χ1v) is 6.49. The molecule has 0 saturated heterocycles. The van der Waals surface area contributed by atoms with Crippen molar-refractivity contribution in [1.29, 1.82) is 0 Å². The molecule has 0 fully saturated rings. The average Bonchev–Trinajstić information content (AvgIpc) is 2.69. The van der Waals surface area contributed by atoms with Crippen molar-refractivity contribution < 1.29 is 0 Å². The molecule has 0 spiro atoms. The lowest BCUT2D eigenvalue weighted by molar-refractivity contribution is 0.893. The molecule has 17 heavy (non-hydrogen) atoms. The topological polar surface area (TPSA) is 50.9 Å². The summed E-state index contributed by atoms with van der Waals surface area (Å²) in [6.45, 7) is 4.07. The number of aromatic nitrogens is 1. The van der Waals surface area contributed by atoms with Gasteiger partial charge in [-0.05, 0) is 37.6 Å². The van der Waals surface area contributed by atoms with Crippen LogP contribution in [0.4, 0.5) is 11.5 Å². The Morgan fingerprint density at radius 1 is 1.47 bits per heavy atom. The van der Waals surface area contributed by atoms with Gasteiger partial charge < -0.3 is 11.1 Å². The third-order valence-electron chi connectivity index (χ3n) is 2.47. The van der Waals surface area contributed by atoms with E-state index in [0.717, 1.165) is 15.7 Å². The van der Waals surface area contributed by atoms with Gasteiger partial charge in [-0.3, -0.25) is 0 Å². The number of hydrogen-bond acceptors (Lipinski definition) is 4. The zero-order valence-corrected chi connectivity index (χ0v) is 11.3. The van der Waals surface area contributed by atoms with Crippen molar-refractivity contribution in [2.45, 2.75) is 19.9 Å². The van der Waals surface area contributed by atoms with Crippen molar-refractivity contribution in [3.63, 3.8) is 0 Å². The number of nitrogens with one attached hydrogen (secondary N) is 1. The van der Waals surface area contributed by atoms with Gasteiger partial charge in [0.1, 0.15) is 5.82 Å². The summed E-state index contributed by atoms with van der Waals surface area (Å²) in [6.07, 6.45) is 1.66. The zero-order chi connectivity index (χ0) is 12.4. The first-order valence-electron chi connectivity index (χ1n) is 5.30. The number of nitrogens with zero attached hydrogens (tertiary/aromatic N) is 1. The quantitative estimate of drug-likeness (QED) is 0.888. The highest BCUT2D eigenvalue weighted by Crippen LogP contribution is 2.29. The van der Waals surface area contributed by atoms with Crippen LogP contribution in [0.2, 0.25) is 4.34 Å². The average molecular weight is 268 g/mol. The number of hydrogen-bond donors (Lipinski definition) is 2. The molecule has 1 atom stereocenters. The van der Waals surface area contributed by atoms with Crippen LogP contribution in [-0.4, -0.2) is 4.98 Å². The highest BCUT2D eigenvalue weighted by atomic mass is 35.5. The van der Waals surface area contributed by atoms with E-state index >= 15 is 0 Å². The van der Waals surface area contributed by atoms with Crippen LogP contribution in [-0.2, 0) is 0 Å². The third-order valence-corrected chi connectivity index (χ3v) is 3.89. The second-order valence-electron chi connectivity index (χ2n) is 3.94. The molecule has 0 amide bonds. The predicted molar refractivity (Wildman–Crippen MR) is 74.8 cm³/mol. The predicted octanol–water partition coefficient (Wildman–Crippen LogP) is 3.86. The fourth-order valence-corrected chi connectivity index (χ4v) is 2.65. The summed E-state index contributed by atoms with van der Waals surface area (Å²) in [5.41, 5.74) is 7.39. The van der Waals surface area contributed by atoms with Gasteiger partial charge in [0, 0.05) is 4.88 Å². The van der Waals surface area contributed by atoms with E-state index in [0.29, 0.717) is 5.69 Å². The monoisotopic (exact) mass is 267 g/mol. The van der Waals surface area contributed by atoms with Crippen molar-refractivity contribution in [2.75, 3.05) is 11.1 Å². The first-order chi connectivity index (χ1) is 8.06. The van der Waals surface area contributed by atoms with Crippen LogP contribution in [0.25, 0.3) is 0 Å². The lowest BCUT2D eigenvalue weighted by Gasteiger charge is -2.14. The molecular weight excluding hydrogens is 254 g/mol. The van der Waals surface area contributed by atoms with Crippen molar-refractivity contribution in [1.82, 2.24) is 4.98 Å². The smallest absolute Gasteiger partial charge is 0.129 e. The van der Waals surface area contributed by atoms with Crippen LogP contribution in [0, 0.1) is 6.92 Å². The van der Waals surface area contributed by atoms with E-state index in [-0.39, 0.29) is 6.04 Å². The number of halogens is 1. The fourth-order valence-electron chi connectivity index (χ4n) is 1.58. The van der Waals surface area contributed by atoms with Gasteiger partial charge in [-0.2, -0.15) is 0 Å². The molecule has 3 N–H and O–H groups in total. The molecule has 1 unspecified atom stereocenters. The van der Waals surface area contributed by atoms with Crippen LogP contribution >= 0.6 is 22.9 Å². The Balaban J connectivity index is 2.15. The molecular formula is C12H14ClN3S. The van der Waals surface area contributed by atoms with Crippen molar-refractivity contribution in [3.8, 4) is 0 Å². The lowest BCUT2D eigenvalue weighted by atomic mass is 10.2. The van der Waals surface area contributed by atoms with Crippen molar-refractivity contribution in [3.05, 3.63) is 39.2 Å². The van der Waals surface area contributed by atoms with Crippen molar-refractivity contribution in [2.24, 2.45) is 0 Å². The Kier molecular flexibility index (Phi) is 3.54. The van der Waals surface area contributed by atoms with Gasteiger partial charge in [0.25, 0.3) is 0 Å². The van der Waals surface area contributed by atoms with Crippen LogP contribution in [0.5, 0.6) is 0 Å². The van der Waals surface area contributed by atoms with E-state index in [4.69, 9.17) is 17.3 Å². The van der Waals surface area contributed by atoms with Crippen LogP contribution in [0.3, 0.4) is 0 Å². The summed E-state index contributed by atoms with van der Waals surface area (Å²) in [6, 6.07) is 6.02. The second kappa shape index (κ2) is 4.94. The minimum Gasteiger partial charge on any atom is -0.397 e. The molecule has 0 aliphatic carbocycles. The molecule has 0 saturated carbocycles. The zero-order valence-electron chi connectivity index (χ0n) is 9.70. The minimum absolute atomic E-state index is 0.183. The summed E-state index contributed by atoms with van der Waals surface area (Å²) in [4.78, 5) is 5.47. The standard InChI is InChI=1S/C12H14ClN3S/c1-7-5-9(14)6-15-12(7)16-8(2)10-3-4-11(13)17-10/h3-6,8H,14H2,1-2H3,(H,15,16). The number of thiophene rings is 1. The van der Waals surface area contributed by atoms with Gasteiger partial charge in [0.15, 0.2) is 0 Å². The normalized spacial score (nSPS) is 12.4. The SMILES string of the molecule is Cc1cc(N)cnc1NC(C)c1ccc(Cl)s1. The maximum absolute atomic E-state index is 5.92. The molecule has 90 valence electrons. The highest BCUT2D eigenvalue weighted by Gasteiger charge is 2.10. The molecule has 0 aliphatic rings. The second-order valence-corrected chi connectivity index (χ2v) is 5.69. The van der Waals surface area contributed by atoms with Crippen LogP contribution in [0.15, 0.2) is 24.4 Å². The number of pyridine rings is 1. The maximum Gasteiger partial charge on any atom is 0.129 e. The Bertz CT molecular complexity index is 524. The summed E-state index contributed by atoms with van der Waals surface area (Å²) in [5, 5.41) is 3.35. The van der Waals surface area contributed by atoms with Gasteiger partial charge in [-0.15, -0.1) is 11.3 Å². The number of nitrogen functional groups attached to an aromatic ring is 1. The minimum atomic E-state index is 0.183. The lowest BCUT2D eigenvalue weighted by Crippen LogP contribution is -2.08. The molecule has 0 radical (unpaired) electrons. The fraction of sp³-hybridized carbons (Fsp3) is 0.250. The van der Waals surface area contributed by atoms with Gasteiger partial charge in [0.05, 0.1) is 22.3 Å². The van der Waals surface area contributed by atoms with Crippen LogP contribution in [0.1, 0.15) is 23.4 Å². The molecule has 3 nitrogen and oxygen atoms in total. The Morgan fingerprint density at radius 2 is 2.24 bits per heavy atom. The summed E-state index contributed by atoms with van der Waals surface area (Å²) < 4.78 is 0.802. The molecule has 2 aromatic rings. The summed E-state index contributed by atoms with van der Waals surface area (Å²) >= 11 is 7.49. The third kappa shape index (κ3) is 2.90. The summed E-state index contributed by atoms with van der Waals surface area (Å²) in [5.74, 6) is 0.858. The maximum atomic E-state index is 5.92. The van der Waals surface area contributed by atoms with E-state index in [9.17, 15) is 0 Å². The largest absolute Gasteiger partial charge is 0.397 e. The van der Waals surface area contributed by atoms with Gasteiger partial charge in [-0.1, -0.05) is 11.6 Å².